The van der Waals surface area contributed by atoms with Crippen molar-refractivity contribution in [2.75, 3.05) is 13.1 Å². The number of rotatable bonds is 6. The van der Waals surface area contributed by atoms with Gasteiger partial charge >= 0.3 is 5.97 Å². The first-order valence-corrected chi connectivity index (χ1v) is 6.29. The summed E-state index contributed by atoms with van der Waals surface area (Å²) in [5, 5.41) is 8.91. The maximum atomic E-state index is 13.7. The molecule has 3 nitrogen and oxygen atoms in total. The van der Waals surface area contributed by atoms with E-state index in [1.807, 2.05) is 6.92 Å². The van der Waals surface area contributed by atoms with Crippen molar-refractivity contribution >= 4 is 5.97 Å². The van der Waals surface area contributed by atoms with Gasteiger partial charge < -0.3 is 5.11 Å². The molecule has 0 aliphatic heterocycles. The largest absolute Gasteiger partial charge is 0.481 e. The summed E-state index contributed by atoms with van der Waals surface area (Å²) in [6.45, 7) is 5.87. The van der Waals surface area contributed by atoms with Crippen LogP contribution in [0.5, 0.6) is 0 Å². The maximum Gasteiger partial charge on any atom is 0.307 e. The van der Waals surface area contributed by atoms with Gasteiger partial charge in [-0.3, -0.25) is 9.69 Å². The Kier molecular flexibility index (Phi) is 5.42. The summed E-state index contributed by atoms with van der Waals surface area (Å²) in [5.74, 6) is -2.71. The van der Waals surface area contributed by atoms with Crippen LogP contribution in [0.2, 0.25) is 0 Å². The molecule has 1 N–H and O–H groups in total. The molecule has 0 bridgehead atoms. The van der Waals surface area contributed by atoms with Crippen LogP contribution in [0.3, 0.4) is 0 Å². The Labute approximate surface area is 111 Å². The quantitative estimate of drug-likeness (QED) is 0.864. The molecule has 0 fully saturated rings. The highest BCUT2D eigenvalue weighted by molar-refractivity contribution is 5.69. The van der Waals surface area contributed by atoms with E-state index in [0.717, 1.165) is 0 Å². The van der Waals surface area contributed by atoms with Gasteiger partial charge in [-0.25, -0.2) is 8.78 Å². The number of carboxylic acids is 1. The molecule has 0 aliphatic carbocycles. The molecule has 0 radical (unpaired) electrons. The molecule has 2 unspecified atom stereocenters. The average molecular weight is 271 g/mol. The minimum atomic E-state index is -0.917. The first-order chi connectivity index (χ1) is 8.88. The predicted octanol–water partition coefficient (Wildman–Crippen LogP) is 3.07. The summed E-state index contributed by atoms with van der Waals surface area (Å²) < 4.78 is 27.4. The number of carboxylic acid groups (broad SMARTS) is 1. The summed E-state index contributed by atoms with van der Waals surface area (Å²) in [7, 11) is 0. The number of benzene rings is 1. The van der Waals surface area contributed by atoms with E-state index in [1.54, 1.807) is 18.7 Å². The highest BCUT2D eigenvalue weighted by Gasteiger charge is 2.24. The Bertz CT molecular complexity index is 431. The van der Waals surface area contributed by atoms with E-state index in [1.165, 1.54) is 18.2 Å². The molecular formula is C14H19F2NO2. The predicted molar refractivity (Wildman–Crippen MR) is 68.8 cm³/mol. The molecule has 0 aromatic heterocycles. The summed E-state index contributed by atoms with van der Waals surface area (Å²) in [6.07, 6.45) is 0. The van der Waals surface area contributed by atoms with E-state index >= 15 is 0 Å². The van der Waals surface area contributed by atoms with Crippen LogP contribution in [0, 0.1) is 17.6 Å². The first-order valence-electron chi connectivity index (χ1n) is 6.29. The smallest absolute Gasteiger partial charge is 0.307 e. The maximum absolute atomic E-state index is 13.7. The molecule has 0 saturated heterocycles. The van der Waals surface area contributed by atoms with Gasteiger partial charge in [0.2, 0.25) is 0 Å². The van der Waals surface area contributed by atoms with E-state index in [-0.39, 0.29) is 12.1 Å². The molecule has 0 aliphatic rings. The second-order valence-corrected chi connectivity index (χ2v) is 4.64. The monoisotopic (exact) mass is 271 g/mol. The molecule has 19 heavy (non-hydrogen) atoms. The van der Waals surface area contributed by atoms with Crippen molar-refractivity contribution in [2.45, 2.75) is 26.8 Å². The van der Waals surface area contributed by atoms with Crippen LogP contribution in [0.25, 0.3) is 0 Å². The third kappa shape index (κ3) is 3.73. The summed E-state index contributed by atoms with van der Waals surface area (Å²) >= 11 is 0. The zero-order chi connectivity index (χ0) is 14.6. The van der Waals surface area contributed by atoms with E-state index in [4.69, 9.17) is 5.11 Å². The van der Waals surface area contributed by atoms with Gasteiger partial charge in [0.1, 0.15) is 11.6 Å². The van der Waals surface area contributed by atoms with Gasteiger partial charge in [-0.05, 0) is 25.6 Å². The fraction of sp³-hybridized carbons (Fsp3) is 0.500. The van der Waals surface area contributed by atoms with E-state index in [2.05, 4.69) is 0 Å². The molecule has 0 saturated carbocycles. The Morgan fingerprint density at radius 3 is 2.26 bits per heavy atom. The lowest BCUT2D eigenvalue weighted by molar-refractivity contribution is -0.141. The van der Waals surface area contributed by atoms with Crippen molar-refractivity contribution in [1.29, 1.82) is 0 Å². The zero-order valence-electron chi connectivity index (χ0n) is 11.4. The number of hydrogen-bond acceptors (Lipinski definition) is 2. The van der Waals surface area contributed by atoms with Crippen molar-refractivity contribution in [3.05, 3.63) is 35.4 Å². The third-order valence-electron chi connectivity index (χ3n) is 3.30. The summed E-state index contributed by atoms with van der Waals surface area (Å²) in [5.41, 5.74) is -0.0121. The number of nitrogens with zero attached hydrogens (tertiary/aromatic N) is 1. The van der Waals surface area contributed by atoms with E-state index in [0.29, 0.717) is 6.54 Å². The lowest BCUT2D eigenvalue weighted by atomic mass is 10.0. The van der Waals surface area contributed by atoms with Crippen LogP contribution >= 0.6 is 0 Å². The SMILES string of the molecule is CCN(CC(C)C(=O)O)C(C)c1c(F)cccc1F. The van der Waals surface area contributed by atoms with Crippen molar-refractivity contribution in [2.24, 2.45) is 5.92 Å². The molecule has 1 aromatic carbocycles. The highest BCUT2D eigenvalue weighted by Crippen LogP contribution is 2.26. The summed E-state index contributed by atoms with van der Waals surface area (Å²) in [4.78, 5) is 12.6. The van der Waals surface area contributed by atoms with Crippen LogP contribution in [0.4, 0.5) is 8.78 Å². The lowest BCUT2D eigenvalue weighted by Crippen LogP contribution is -2.34. The molecule has 1 aromatic rings. The summed E-state index contributed by atoms with van der Waals surface area (Å²) in [6, 6.07) is 3.23. The topological polar surface area (TPSA) is 40.5 Å². The molecule has 0 amide bonds. The van der Waals surface area contributed by atoms with Gasteiger partial charge in [-0.2, -0.15) is 0 Å². The van der Waals surface area contributed by atoms with Crippen molar-refractivity contribution in [3.63, 3.8) is 0 Å². The van der Waals surface area contributed by atoms with Crippen LogP contribution in [0.15, 0.2) is 18.2 Å². The van der Waals surface area contributed by atoms with E-state index < -0.39 is 29.6 Å². The van der Waals surface area contributed by atoms with Gasteiger partial charge in [0.15, 0.2) is 0 Å². The molecular weight excluding hydrogens is 252 g/mol. The number of carbonyl (C=O) groups is 1. The molecule has 5 heteroatoms. The molecule has 0 spiro atoms. The van der Waals surface area contributed by atoms with E-state index in [9.17, 15) is 13.6 Å². The minimum absolute atomic E-state index is 0.0121. The second kappa shape index (κ2) is 6.61. The highest BCUT2D eigenvalue weighted by atomic mass is 19.1. The number of hydrogen-bond donors (Lipinski definition) is 1. The van der Waals surface area contributed by atoms with Gasteiger partial charge in [0, 0.05) is 18.2 Å². The number of aliphatic carboxylic acids is 1. The van der Waals surface area contributed by atoms with Crippen molar-refractivity contribution in [1.82, 2.24) is 4.90 Å². The number of halogens is 2. The molecule has 0 heterocycles. The molecule has 2 atom stereocenters. The minimum Gasteiger partial charge on any atom is -0.481 e. The van der Waals surface area contributed by atoms with Gasteiger partial charge in [-0.15, -0.1) is 0 Å². The van der Waals surface area contributed by atoms with Crippen molar-refractivity contribution < 1.29 is 18.7 Å². The standard InChI is InChI=1S/C14H19F2NO2/c1-4-17(8-9(2)14(18)19)10(3)13-11(15)6-5-7-12(13)16/h5-7,9-10H,4,8H2,1-3H3,(H,18,19). The van der Waals surface area contributed by atoms with Crippen LogP contribution < -0.4 is 0 Å². The average Bonchev–Trinajstić information content (AvgIpc) is 2.34. The lowest BCUT2D eigenvalue weighted by Gasteiger charge is -2.30. The van der Waals surface area contributed by atoms with Crippen molar-refractivity contribution in [3.8, 4) is 0 Å². The fourth-order valence-electron chi connectivity index (χ4n) is 2.08. The van der Waals surface area contributed by atoms with Crippen LogP contribution in [-0.4, -0.2) is 29.1 Å². The molecule has 106 valence electrons. The van der Waals surface area contributed by atoms with Gasteiger partial charge in [-0.1, -0.05) is 19.9 Å². The Morgan fingerprint density at radius 2 is 1.84 bits per heavy atom. The van der Waals surface area contributed by atoms with Crippen LogP contribution in [0.1, 0.15) is 32.4 Å². The Balaban J connectivity index is 2.95. The third-order valence-corrected chi connectivity index (χ3v) is 3.30. The van der Waals surface area contributed by atoms with Crippen LogP contribution in [-0.2, 0) is 4.79 Å². The normalized spacial score (nSPS) is 14.4. The first kappa shape index (κ1) is 15.6. The Morgan fingerprint density at radius 1 is 1.32 bits per heavy atom. The fourth-order valence-corrected chi connectivity index (χ4v) is 2.08. The Hall–Kier alpha value is -1.49. The van der Waals surface area contributed by atoms with Gasteiger partial charge in [0.05, 0.1) is 5.92 Å². The van der Waals surface area contributed by atoms with Gasteiger partial charge in [0.25, 0.3) is 0 Å². The zero-order valence-corrected chi connectivity index (χ0v) is 11.4. The second-order valence-electron chi connectivity index (χ2n) is 4.64. The molecule has 1 rings (SSSR count).